The first-order valence-electron chi connectivity index (χ1n) is 4.69. The Morgan fingerprint density at radius 2 is 2.06 bits per heavy atom. The summed E-state index contributed by atoms with van der Waals surface area (Å²) in [5.41, 5.74) is -0.770. The predicted octanol–water partition coefficient (Wildman–Crippen LogP) is 2.79. The summed E-state index contributed by atoms with van der Waals surface area (Å²) >= 11 is 0. The zero-order chi connectivity index (χ0) is 12.3. The highest BCUT2D eigenvalue weighted by molar-refractivity contribution is 5.20. The summed E-state index contributed by atoms with van der Waals surface area (Å²) in [5.74, 6) is -0.805. The van der Waals surface area contributed by atoms with Crippen LogP contribution in [0, 0.1) is 0 Å². The van der Waals surface area contributed by atoms with Gasteiger partial charge < -0.3 is 9.52 Å². The van der Waals surface area contributed by atoms with E-state index in [1.165, 1.54) is 6.92 Å². The fourth-order valence-corrected chi connectivity index (χ4v) is 1.25. The summed E-state index contributed by atoms with van der Waals surface area (Å²) in [6, 6.07) is 2.02. The molecule has 90 valence electrons. The lowest BCUT2D eigenvalue weighted by molar-refractivity contribution is -0.136. The number of aromatic hydroxyl groups is 1. The van der Waals surface area contributed by atoms with Gasteiger partial charge in [0.15, 0.2) is 0 Å². The summed E-state index contributed by atoms with van der Waals surface area (Å²) < 4.78 is 40.5. The third kappa shape index (κ3) is 3.96. The maximum absolute atomic E-state index is 11.9. The summed E-state index contributed by atoms with van der Waals surface area (Å²) in [7, 11) is 0. The van der Waals surface area contributed by atoms with Crippen molar-refractivity contribution in [1.82, 2.24) is 0 Å². The molecule has 1 aromatic heterocycles. The Bertz CT molecular complexity index is 409. The van der Waals surface area contributed by atoms with Crippen LogP contribution in [-0.2, 0) is 0 Å². The monoisotopic (exact) mass is 236 g/mol. The zero-order valence-electron chi connectivity index (χ0n) is 8.54. The number of alkyl halides is 3. The van der Waals surface area contributed by atoms with Gasteiger partial charge in [-0.3, -0.25) is 0 Å². The van der Waals surface area contributed by atoms with Gasteiger partial charge in [-0.05, 0) is 6.42 Å². The molecule has 0 fully saturated rings. The van der Waals surface area contributed by atoms with Gasteiger partial charge in [-0.25, -0.2) is 4.79 Å². The third-order valence-corrected chi connectivity index (χ3v) is 2.12. The van der Waals surface area contributed by atoms with Gasteiger partial charge in [0.1, 0.15) is 11.5 Å². The first-order valence-corrected chi connectivity index (χ1v) is 4.69. The maximum atomic E-state index is 11.9. The second kappa shape index (κ2) is 4.59. The topological polar surface area (TPSA) is 50.4 Å². The van der Waals surface area contributed by atoms with Gasteiger partial charge in [0.2, 0.25) is 0 Å². The molecule has 1 rings (SSSR count). The quantitative estimate of drug-likeness (QED) is 0.877. The molecule has 0 bridgehead atoms. The molecule has 0 aromatic carbocycles. The molecule has 0 radical (unpaired) electrons. The number of rotatable bonds is 3. The van der Waals surface area contributed by atoms with Gasteiger partial charge in [-0.15, -0.1) is 0 Å². The fourth-order valence-electron chi connectivity index (χ4n) is 1.25. The van der Waals surface area contributed by atoms with Crippen molar-refractivity contribution in [3.05, 3.63) is 28.3 Å². The molecule has 1 aromatic rings. The molecule has 0 unspecified atom stereocenters. The van der Waals surface area contributed by atoms with Crippen molar-refractivity contribution < 1.29 is 22.7 Å². The highest BCUT2D eigenvalue weighted by Crippen LogP contribution is 2.29. The molecule has 0 aliphatic heterocycles. The molecule has 0 spiro atoms. The first-order chi connectivity index (χ1) is 7.28. The van der Waals surface area contributed by atoms with Crippen LogP contribution in [-0.4, -0.2) is 11.3 Å². The highest BCUT2D eigenvalue weighted by Gasteiger charge is 2.28. The normalized spacial score (nSPS) is 13.8. The van der Waals surface area contributed by atoms with Crippen LogP contribution in [0.25, 0.3) is 0 Å². The first kappa shape index (κ1) is 12.6. The van der Waals surface area contributed by atoms with E-state index in [1.807, 2.05) is 0 Å². The molecule has 0 saturated carbocycles. The van der Waals surface area contributed by atoms with Crippen molar-refractivity contribution in [2.24, 2.45) is 0 Å². The Labute approximate surface area is 89.5 Å². The fraction of sp³-hybridized carbons (Fsp3) is 0.500. The van der Waals surface area contributed by atoms with Gasteiger partial charge in [-0.1, -0.05) is 6.92 Å². The van der Waals surface area contributed by atoms with Crippen LogP contribution in [0.2, 0.25) is 0 Å². The van der Waals surface area contributed by atoms with Crippen molar-refractivity contribution in [2.45, 2.75) is 31.9 Å². The van der Waals surface area contributed by atoms with E-state index in [-0.39, 0.29) is 17.9 Å². The van der Waals surface area contributed by atoms with Crippen molar-refractivity contribution in [3.8, 4) is 5.75 Å². The van der Waals surface area contributed by atoms with Crippen molar-refractivity contribution >= 4 is 0 Å². The highest BCUT2D eigenvalue weighted by atomic mass is 19.4. The van der Waals surface area contributed by atoms with Gasteiger partial charge >= 0.3 is 11.8 Å². The molecule has 0 saturated heterocycles. The minimum Gasteiger partial charge on any atom is -0.508 e. The van der Waals surface area contributed by atoms with Crippen LogP contribution in [0.4, 0.5) is 13.2 Å². The molecule has 0 aliphatic carbocycles. The molecule has 1 atom stereocenters. The van der Waals surface area contributed by atoms with Crippen LogP contribution in [0.3, 0.4) is 0 Å². The lowest BCUT2D eigenvalue weighted by Gasteiger charge is -2.11. The van der Waals surface area contributed by atoms with Crippen LogP contribution in [0.15, 0.2) is 21.3 Å². The second-order valence-corrected chi connectivity index (χ2v) is 3.59. The SMILES string of the molecule is C[C@H](CCC(F)(F)F)c1cc(O)cc(=O)o1. The van der Waals surface area contributed by atoms with E-state index >= 15 is 0 Å². The Kier molecular flexibility index (Phi) is 3.62. The molecule has 0 aliphatic rings. The second-order valence-electron chi connectivity index (χ2n) is 3.59. The average Bonchev–Trinajstić information content (AvgIpc) is 2.11. The van der Waals surface area contributed by atoms with Gasteiger partial charge in [0.25, 0.3) is 0 Å². The van der Waals surface area contributed by atoms with Gasteiger partial charge in [-0.2, -0.15) is 13.2 Å². The number of halogens is 3. The molecule has 1 N–H and O–H groups in total. The van der Waals surface area contributed by atoms with Crippen LogP contribution < -0.4 is 5.63 Å². The summed E-state index contributed by atoms with van der Waals surface area (Å²) in [6.07, 6.45) is -5.37. The minimum atomic E-state index is -4.23. The summed E-state index contributed by atoms with van der Waals surface area (Å²) in [5, 5.41) is 9.09. The smallest absolute Gasteiger partial charge is 0.389 e. The Morgan fingerprint density at radius 1 is 1.44 bits per heavy atom. The van der Waals surface area contributed by atoms with E-state index in [1.54, 1.807) is 0 Å². The standard InChI is InChI=1S/C10H11F3O3/c1-6(2-3-10(11,12)13)8-4-7(14)5-9(15)16-8/h4-6,14H,2-3H2,1H3/t6-/m1/s1. The predicted molar refractivity (Wildman–Crippen MR) is 50.3 cm³/mol. The van der Waals surface area contributed by atoms with Crippen LogP contribution in [0.1, 0.15) is 31.4 Å². The molecule has 16 heavy (non-hydrogen) atoms. The van der Waals surface area contributed by atoms with Crippen LogP contribution >= 0.6 is 0 Å². The Hall–Kier alpha value is -1.46. The zero-order valence-corrected chi connectivity index (χ0v) is 8.54. The third-order valence-electron chi connectivity index (χ3n) is 2.12. The summed E-state index contributed by atoms with van der Waals surface area (Å²) in [6.45, 7) is 1.50. The molecular formula is C10H11F3O3. The van der Waals surface area contributed by atoms with Crippen molar-refractivity contribution in [1.29, 1.82) is 0 Å². The molecular weight excluding hydrogens is 225 g/mol. The van der Waals surface area contributed by atoms with E-state index in [0.29, 0.717) is 0 Å². The van der Waals surface area contributed by atoms with E-state index in [0.717, 1.165) is 12.1 Å². The van der Waals surface area contributed by atoms with E-state index in [4.69, 9.17) is 9.52 Å². The average molecular weight is 236 g/mol. The van der Waals surface area contributed by atoms with Gasteiger partial charge in [0, 0.05) is 18.4 Å². The number of hydrogen-bond donors (Lipinski definition) is 1. The van der Waals surface area contributed by atoms with Crippen LogP contribution in [0.5, 0.6) is 5.75 Å². The van der Waals surface area contributed by atoms with Crippen molar-refractivity contribution in [3.63, 3.8) is 0 Å². The Balaban J connectivity index is 2.73. The van der Waals surface area contributed by atoms with E-state index in [2.05, 4.69) is 0 Å². The van der Waals surface area contributed by atoms with Gasteiger partial charge in [0.05, 0.1) is 6.07 Å². The summed E-state index contributed by atoms with van der Waals surface area (Å²) in [4.78, 5) is 10.9. The maximum Gasteiger partial charge on any atom is 0.389 e. The largest absolute Gasteiger partial charge is 0.508 e. The molecule has 6 heteroatoms. The van der Waals surface area contributed by atoms with Crippen molar-refractivity contribution in [2.75, 3.05) is 0 Å². The lowest BCUT2D eigenvalue weighted by Crippen LogP contribution is -2.10. The minimum absolute atomic E-state index is 0.0641. The van der Waals surface area contributed by atoms with E-state index < -0.39 is 24.1 Å². The molecule has 0 amide bonds. The number of hydrogen-bond acceptors (Lipinski definition) is 3. The van der Waals surface area contributed by atoms with E-state index in [9.17, 15) is 18.0 Å². The molecule has 3 nitrogen and oxygen atoms in total. The molecule has 1 heterocycles. The Morgan fingerprint density at radius 3 is 2.56 bits per heavy atom. The lowest BCUT2D eigenvalue weighted by atomic mass is 10.0.